The van der Waals surface area contributed by atoms with E-state index in [1.165, 1.54) is 0 Å². The van der Waals surface area contributed by atoms with Gasteiger partial charge in [0.15, 0.2) is 0 Å². The zero-order valence-corrected chi connectivity index (χ0v) is 20.3. The molecule has 0 aliphatic rings. The van der Waals surface area contributed by atoms with E-state index < -0.39 is 17.9 Å². The van der Waals surface area contributed by atoms with Gasteiger partial charge in [-0.15, -0.1) is 0 Å². The molecule has 5 nitrogen and oxygen atoms in total. The first kappa shape index (κ1) is 23.9. The first-order chi connectivity index (χ1) is 15.5. The van der Waals surface area contributed by atoms with Crippen LogP contribution in [0.1, 0.15) is 21.5 Å². The second-order valence-corrected chi connectivity index (χ2v) is 8.77. The summed E-state index contributed by atoms with van der Waals surface area (Å²) in [5, 5.41) is 15.4. The number of nitrogens with one attached hydrogen (secondary N) is 2. The summed E-state index contributed by atoms with van der Waals surface area (Å²) < 4.78 is 1.33. The molecule has 0 aromatic heterocycles. The van der Waals surface area contributed by atoms with Crippen molar-refractivity contribution in [2.75, 3.05) is 6.61 Å². The Morgan fingerprint density at radius 3 is 2.03 bits per heavy atom. The Labute approximate surface area is 203 Å². The number of aliphatic hydroxyl groups excluding tert-OH is 1. The molecule has 0 aliphatic heterocycles. The van der Waals surface area contributed by atoms with E-state index in [2.05, 4.69) is 42.5 Å². The van der Waals surface area contributed by atoms with Gasteiger partial charge in [0.05, 0.1) is 17.1 Å². The highest BCUT2D eigenvalue weighted by Crippen LogP contribution is 2.26. The predicted octanol–water partition coefficient (Wildman–Crippen LogP) is 4.66. The quantitative estimate of drug-likeness (QED) is 0.352. The van der Waals surface area contributed by atoms with Gasteiger partial charge in [0.1, 0.15) is 5.70 Å². The maximum Gasteiger partial charge on any atom is 0.269 e. The SMILES string of the molecule is O=C(N[C@H](CO)Cc1ccccc1)/C(NC(=O)c1ccccc1)=C(/Br)c1ccc(Br)cc1. The topological polar surface area (TPSA) is 78.4 Å². The van der Waals surface area contributed by atoms with Gasteiger partial charge in [0.25, 0.3) is 11.8 Å². The molecule has 0 spiro atoms. The molecular weight excluding hydrogens is 536 g/mol. The fourth-order valence-electron chi connectivity index (χ4n) is 3.04. The molecular formula is C25H22Br2N2O3. The van der Waals surface area contributed by atoms with Gasteiger partial charge in [-0.3, -0.25) is 9.59 Å². The van der Waals surface area contributed by atoms with Crippen molar-refractivity contribution in [1.82, 2.24) is 10.6 Å². The van der Waals surface area contributed by atoms with E-state index in [1.54, 1.807) is 24.3 Å². The molecule has 1 atom stereocenters. The lowest BCUT2D eigenvalue weighted by molar-refractivity contribution is -0.118. The summed E-state index contributed by atoms with van der Waals surface area (Å²) in [6, 6.07) is 25.1. The van der Waals surface area contributed by atoms with Gasteiger partial charge < -0.3 is 15.7 Å². The number of rotatable bonds is 8. The summed E-state index contributed by atoms with van der Waals surface area (Å²) in [6.07, 6.45) is 0.457. The van der Waals surface area contributed by atoms with Crippen LogP contribution >= 0.6 is 31.9 Å². The molecule has 0 saturated carbocycles. The van der Waals surface area contributed by atoms with Gasteiger partial charge in [-0.05, 0) is 57.7 Å². The molecule has 0 fully saturated rings. The molecule has 0 aliphatic carbocycles. The molecule has 3 aromatic carbocycles. The van der Waals surface area contributed by atoms with Crippen LogP contribution in [0.3, 0.4) is 0 Å². The number of carbonyl (C=O) groups is 2. The van der Waals surface area contributed by atoms with Crippen molar-refractivity contribution < 1.29 is 14.7 Å². The molecule has 3 rings (SSSR count). The molecule has 164 valence electrons. The monoisotopic (exact) mass is 556 g/mol. The first-order valence-electron chi connectivity index (χ1n) is 9.95. The van der Waals surface area contributed by atoms with Gasteiger partial charge >= 0.3 is 0 Å². The smallest absolute Gasteiger partial charge is 0.269 e. The minimum atomic E-state index is -0.515. The van der Waals surface area contributed by atoms with Crippen molar-refractivity contribution in [3.05, 3.63) is 112 Å². The number of hydrogen-bond donors (Lipinski definition) is 3. The van der Waals surface area contributed by atoms with Crippen LogP contribution in [0.5, 0.6) is 0 Å². The van der Waals surface area contributed by atoms with Gasteiger partial charge in [0, 0.05) is 10.0 Å². The number of aliphatic hydroxyl groups is 1. The highest BCUT2D eigenvalue weighted by Gasteiger charge is 2.22. The fourth-order valence-corrected chi connectivity index (χ4v) is 3.85. The lowest BCUT2D eigenvalue weighted by Crippen LogP contribution is -2.43. The number of carbonyl (C=O) groups excluding carboxylic acids is 2. The molecule has 0 radical (unpaired) electrons. The number of halogens is 2. The molecule has 0 saturated heterocycles. The molecule has 2 amide bonds. The Morgan fingerprint density at radius 2 is 1.44 bits per heavy atom. The number of benzene rings is 3. The van der Waals surface area contributed by atoms with Crippen LogP contribution in [0.25, 0.3) is 4.48 Å². The maximum absolute atomic E-state index is 13.2. The standard InChI is InChI=1S/C25H22Br2N2O3/c26-20-13-11-18(12-14-20)22(27)23(29-24(31)19-9-5-2-6-10-19)25(32)28-21(16-30)15-17-7-3-1-4-8-17/h1-14,21,30H,15-16H2,(H,28,32)(H,29,31)/b23-22-/t21-/m0/s1. The third kappa shape index (κ3) is 6.63. The molecule has 3 N–H and O–H groups in total. The van der Waals surface area contributed by atoms with Gasteiger partial charge in [-0.25, -0.2) is 0 Å². The lowest BCUT2D eigenvalue weighted by atomic mass is 10.1. The highest BCUT2D eigenvalue weighted by molar-refractivity contribution is 9.15. The van der Waals surface area contributed by atoms with E-state index in [4.69, 9.17) is 0 Å². The van der Waals surface area contributed by atoms with Crippen LogP contribution < -0.4 is 10.6 Å². The lowest BCUT2D eigenvalue weighted by Gasteiger charge is -2.19. The number of hydrogen-bond acceptors (Lipinski definition) is 3. The average molecular weight is 558 g/mol. The highest BCUT2D eigenvalue weighted by atomic mass is 79.9. The Bertz CT molecular complexity index is 1090. The zero-order chi connectivity index (χ0) is 22.9. The van der Waals surface area contributed by atoms with Crippen molar-refractivity contribution in [2.45, 2.75) is 12.5 Å². The van der Waals surface area contributed by atoms with Gasteiger partial charge in [-0.2, -0.15) is 0 Å². The van der Waals surface area contributed by atoms with Crippen molar-refractivity contribution >= 4 is 48.2 Å². The van der Waals surface area contributed by atoms with Crippen LogP contribution in [0.4, 0.5) is 0 Å². The van der Waals surface area contributed by atoms with Crippen LogP contribution in [-0.4, -0.2) is 29.6 Å². The molecule has 32 heavy (non-hydrogen) atoms. The molecule has 0 unspecified atom stereocenters. The second kappa shape index (κ2) is 11.8. The van der Waals surface area contributed by atoms with E-state index in [0.717, 1.165) is 15.6 Å². The molecule has 3 aromatic rings. The minimum absolute atomic E-state index is 0.0627. The Morgan fingerprint density at radius 1 is 0.844 bits per heavy atom. The maximum atomic E-state index is 13.2. The van der Waals surface area contributed by atoms with E-state index in [-0.39, 0.29) is 12.3 Å². The Kier molecular flexibility index (Phi) is 8.79. The normalized spacial score (nSPS) is 12.5. The summed E-state index contributed by atoms with van der Waals surface area (Å²) in [4.78, 5) is 26.0. The largest absolute Gasteiger partial charge is 0.394 e. The summed E-state index contributed by atoms with van der Waals surface area (Å²) in [7, 11) is 0. The second-order valence-electron chi connectivity index (χ2n) is 7.06. The van der Waals surface area contributed by atoms with E-state index in [0.29, 0.717) is 16.5 Å². The fraction of sp³-hybridized carbons (Fsp3) is 0.120. The zero-order valence-electron chi connectivity index (χ0n) is 17.1. The summed E-state index contributed by atoms with van der Waals surface area (Å²) >= 11 is 6.88. The third-order valence-electron chi connectivity index (χ3n) is 4.70. The first-order valence-corrected chi connectivity index (χ1v) is 11.5. The van der Waals surface area contributed by atoms with Crippen LogP contribution in [0.15, 0.2) is 95.1 Å². The summed E-state index contributed by atoms with van der Waals surface area (Å²) in [5.41, 5.74) is 2.19. The Balaban J connectivity index is 1.88. The van der Waals surface area contributed by atoms with Crippen LogP contribution in [0.2, 0.25) is 0 Å². The average Bonchev–Trinajstić information content (AvgIpc) is 2.83. The van der Waals surface area contributed by atoms with Crippen molar-refractivity contribution in [2.24, 2.45) is 0 Å². The van der Waals surface area contributed by atoms with Gasteiger partial charge in [-0.1, -0.05) is 76.6 Å². The van der Waals surface area contributed by atoms with Crippen molar-refractivity contribution in [1.29, 1.82) is 0 Å². The van der Waals surface area contributed by atoms with Crippen molar-refractivity contribution in [3.8, 4) is 0 Å². The predicted molar refractivity (Wildman–Crippen MR) is 133 cm³/mol. The summed E-state index contributed by atoms with van der Waals surface area (Å²) in [6.45, 7) is -0.240. The van der Waals surface area contributed by atoms with E-state index in [9.17, 15) is 14.7 Å². The molecule has 0 bridgehead atoms. The molecule has 7 heteroatoms. The van der Waals surface area contributed by atoms with E-state index >= 15 is 0 Å². The third-order valence-corrected chi connectivity index (χ3v) is 6.08. The summed E-state index contributed by atoms with van der Waals surface area (Å²) in [5.74, 6) is -0.910. The van der Waals surface area contributed by atoms with Crippen molar-refractivity contribution in [3.63, 3.8) is 0 Å². The number of amides is 2. The Hall–Kier alpha value is -2.74. The molecule has 0 heterocycles. The van der Waals surface area contributed by atoms with E-state index in [1.807, 2.05) is 60.7 Å². The minimum Gasteiger partial charge on any atom is -0.394 e. The van der Waals surface area contributed by atoms with Crippen LogP contribution in [0, 0.1) is 0 Å². The van der Waals surface area contributed by atoms with Gasteiger partial charge in [0.2, 0.25) is 0 Å². The van der Waals surface area contributed by atoms with Crippen LogP contribution in [-0.2, 0) is 11.2 Å².